The normalized spacial score (nSPS) is 19.4. The molecule has 0 atom stereocenters. The van der Waals surface area contributed by atoms with E-state index >= 15 is 0 Å². The van der Waals surface area contributed by atoms with Crippen molar-refractivity contribution in [3.8, 4) is 0 Å². The molecule has 5 heteroatoms. The quantitative estimate of drug-likeness (QED) is 0.750. The summed E-state index contributed by atoms with van der Waals surface area (Å²) in [6, 6.07) is 2.65. The van der Waals surface area contributed by atoms with Crippen LogP contribution >= 0.6 is 22.9 Å². The van der Waals surface area contributed by atoms with E-state index in [2.05, 4.69) is 47.2 Å². The predicted octanol–water partition coefficient (Wildman–Crippen LogP) is 4.75. The Kier molecular flexibility index (Phi) is 3.63. The number of hydrogen-bond donors (Lipinski definition) is 0. The number of fused-ring (bicyclic) bond motifs is 1. The molecule has 1 aliphatic carbocycles. The molecule has 3 rings (SSSR count). The van der Waals surface area contributed by atoms with Crippen molar-refractivity contribution in [3.63, 3.8) is 0 Å². The van der Waals surface area contributed by atoms with Crippen LogP contribution in [0, 0.1) is 5.41 Å². The standard InChI is InChI=1S/C15H20ClN3S/c1-15(2)7-4-10(5-8-15)19(3)12-11-6-9-20-13(11)18-14(16)17-12/h6,9-10H,4-5,7-8H2,1-3H3. The average molecular weight is 310 g/mol. The van der Waals surface area contributed by atoms with E-state index in [9.17, 15) is 0 Å². The molecule has 2 aromatic heterocycles. The SMILES string of the molecule is CN(c1nc(Cl)nc2sccc12)C1CCC(C)(C)CC1. The van der Waals surface area contributed by atoms with Crippen LogP contribution < -0.4 is 4.90 Å². The van der Waals surface area contributed by atoms with Crippen molar-refractivity contribution in [2.45, 2.75) is 45.6 Å². The monoisotopic (exact) mass is 309 g/mol. The fourth-order valence-electron chi connectivity index (χ4n) is 3.03. The Labute approximate surface area is 129 Å². The van der Waals surface area contributed by atoms with Crippen LogP contribution in [0.1, 0.15) is 39.5 Å². The Balaban J connectivity index is 1.89. The van der Waals surface area contributed by atoms with Gasteiger partial charge in [-0.3, -0.25) is 0 Å². The van der Waals surface area contributed by atoms with Crippen molar-refractivity contribution in [3.05, 3.63) is 16.7 Å². The minimum atomic E-state index is 0.345. The summed E-state index contributed by atoms with van der Waals surface area (Å²) in [6.45, 7) is 4.73. The van der Waals surface area contributed by atoms with E-state index in [1.165, 1.54) is 25.7 Å². The van der Waals surface area contributed by atoms with Crippen LogP contribution in [0.5, 0.6) is 0 Å². The number of thiophene rings is 1. The molecule has 1 saturated carbocycles. The molecule has 0 unspecified atom stereocenters. The smallest absolute Gasteiger partial charge is 0.225 e. The third-order valence-corrected chi connectivity index (χ3v) is 5.44. The molecule has 20 heavy (non-hydrogen) atoms. The van der Waals surface area contributed by atoms with E-state index in [1.54, 1.807) is 11.3 Å². The highest BCUT2D eigenvalue weighted by Gasteiger charge is 2.30. The summed E-state index contributed by atoms with van der Waals surface area (Å²) in [6.07, 6.45) is 4.98. The van der Waals surface area contributed by atoms with Crippen molar-refractivity contribution < 1.29 is 0 Å². The molecule has 3 nitrogen and oxygen atoms in total. The van der Waals surface area contributed by atoms with Crippen molar-refractivity contribution >= 4 is 39.0 Å². The summed E-state index contributed by atoms with van der Waals surface area (Å²) in [4.78, 5) is 12.0. The molecule has 0 saturated heterocycles. The van der Waals surface area contributed by atoms with Crippen LogP contribution in [0.3, 0.4) is 0 Å². The van der Waals surface area contributed by atoms with Gasteiger partial charge in [0.05, 0.1) is 5.39 Å². The topological polar surface area (TPSA) is 29.0 Å². The number of anilines is 1. The number of hydrogen-bond acceptors (Lipinski definition) is 4. The zero-order valence-corrected chi connectivity index (χ0v) is 13.8. The second kappa shape index (κ2) is 5.15. The summed E-state index contributed by atoms with van der Waals surface area (Å²) in [7, 11) is 2.14. The van der Waals surface area contributed by atoms with Gasteiger partial charge in [-0.2, -0.15) is 4.98 Å². The van der Waals surface area contributed by atoms with Gasteiger partial charge in [-0.1, -0.05) is 13.8 Å². The molecule has 0 N–H and O–H groups in total. The highest BCUT2D eigenvalue weighted by Crippen LogP contribution is 2.39. The zero-order valence-electron chi connectivity index (χ0n) is 12.2. The van der Waals surface area contributed by atoms with Gasteiger partial charge in [0.15, 0.2) is 0 Å². The number of halogens is 1. The second-order valence-corrected chi connectivity index (χ2v) is 7.69. The van der Waals surface area contributed by atoms with E-state index < -0.39 is 0 Å². The number of aromatic nitrogens is 2. The van der Waals surface area contributed by atoms with Crippen LogP contribution in [0.4, 0.5) is 5.82 Å². The first-order chi connectivity index (χ1) is 9.46. The molecule has 1 aliphatic rings. The molecule has 108 valence electrons. The Morgan fingerprint density at radius 2 is 2.00 bits per heavy atom. The lowest BCUT2D eigenvalue weighted by Gasteiger charge is -2.39. The first-order valence-corrected chi connectivity index (χ1v) is 8.36. The molecule has 2 aromatic rings. The summed E-state index contributed by atoms with van der Waals surface area (Å²) in [5.41, 5.74) is 0.484. The molecule has 0 spiro atoms. The van der Waals surface area contributed by atoms with Crippen molar-refractivity contribution in [1.29, 1.82) is 0 Å². The number of rotatable bonds is 2. The lowest BCUT2D eigenvalue weighted by atomic mass is 9.75. The molecular formula is C15H20ClN3S. The van der Waals surface area contributed by atoms with Gasteiger partial charge in [0.1, 0.15) is 10.6 Å². The number of nitrogens with zero attached hydrogens (tertiary/aromatic N) is 3. The maximum Gasteiger partial charge on any atom is 0.225 e. The van der Waals surface area contributed by atoms with Gasteiger partial charge in [0.2, 0.25) is 5.28 Å². The molecular weight excluding hydrogens is 290 g/mol. The van der Waals surface area contributed by atoms with Gasteiger partial charge in [0, 0.05) is 13.1 Å². The van der Waals surface area contributed by atoms with Gasteiger partial charge in [-0.05, 0) is 54.1 Å². The maximum absolute atomic E-state index is 6.07. The van der Waals surface area contributed by atoms with Crippen molar-refractivity contribution in [1.82, 2.24) is 9.97 Å². The van der Waals surface area contributed by atoms with Crippen LogP contribution in [0.25, 0.3) is 10.2 Å². The highest BCUT2D eigenvalue weighted by molar-refractivity contribution is 7.16. The Morgan fingerprint density at radius 1 is 1.30 bits per heavy atom. The summed E-state index contributed by atoms with van der Waals surface area (Å²) < 4.78 is 0. The summed E-state index contributed by atoms with van der Waals surface area (Å²) >= 11 is 7.68. The molecule has 0 bridgehead atoms. The summed E-state index contributed by atoms with van der Waals surface area (Å²) in [5.74, 6) is 0.978. The molecule has 0 aromatic carbocycles. The third kappa shape index (κ3) is 2.63. The first-order valence-electron chi connectivity index (χ1n) is 7.10. The van der Waals surface area contributed by atoms with Gasteiger partial charge in [-0.15, -0.1) is 11.3 Å². The van der Waals surface area contributed by atoms with E-state index in [0.717, 1.165) is 16.0 Å². The van der Waals surface area contributed by atoms with Crippen molar-refractivity contribution in [2.24, 2.45) is 5.41 Å². The van der Waals surface area contributed by atoms with Gasteiger partial charge >= 0.3 is 0 Å². The van der Waals surface area contributed by atoms with Crippen LogP contribution in [0.15, 0.2) is 11.4 Å². The van der Waals surface area contributed by atoms with E-state index in [0.29, 0.717) is 16.7 Å². The molecule has 0 aliphatic heterocycles. The lowest BCUT2D eigenvalue weighted by Crippen LogP contribution is -2.37. The van der Waals surface area contributed by atoms with Gasteiger partial charge < -0.3 is 4.90 Å². The van der Waals surface area contributed by atoms with Crippen molar-refractivity contribution in [2.75, 3.05) is 11.9 Å². The van der Waals surface area contributed by atoms with E-state index in [-0.39, 0.29) is 0 Å². The fraction of sp³-hybridized carbons (Fsp3) is 0.600. The maximum atomic E-state index is 6.07. The molecule has 0 amide bonds. The third-order valence-electron chi connectivity index (χ3n) is 4.47. The van der Waals surface area contributed by atoms with Crippen LogP contribution in [-0.2, 0) is 0 Å². The Bertz CT molecular complexity index is 613. The molecule has 2 heterocycles. The highest BCUT2D eigenvalue weighted by atomic mass is 35.5. The minimum absolute atomic E-state index is 0.345. The molecule has 0 radical (unpaired) electrons. The largest absolute Gasteiger partial charge is 0.356 e. The summed E-state index contributed by atoms with van der Waals surface area (Å²) in [5, 5.41) is 3.52. The lowest BCUT2D eigenvalue weighted by molar-refractivity contribution is 0.222. The molecule has 1 fully saturated rings. The van der Waals surface area contributed by atoms with E-state index in [4.69, 9.17) is 11.6 Å². The second-order valence-electron chi connectivity index (χ2n) is 6.46. The Hall–Kier alpha value is -0.870. The minimum Gasteiger partial charge on any atom is -0.356 e. The van der Waals surface area contributed by atoms with Gasteiger partial charge in [-0.25, -0.2) is 4.98 Å². The van der Waals surface area contributed by atoms with Gasteiger partial charge in [0.25, 0.3) is 0 Å². The van der Waals surface area contributed by atoms with E-state index in [1.807, 2.05) is 0 Å². The van der Waals surface area contributed by atoms with Crippen LogP contribution in [-0.4, -0.2) is 23.1 Å². The van der Waals surface area contributed by atoms with Crippen LogP contribution in [0.2, 0.25) is 5.28 Å². The Morgan fingerprint density at radius 3 is 2.70 bits per heavy atom. The first kappa shape index (κ1) is 14.1. The zero-order chi connectivity index (χ0) is 14.3. The average Bonchev–Trinajstić information content (AvgIpc) is 2.85. The predicted molar refractivity (Wildman–Crippen MR) is 86.9 cm³/mol. The fourth-order valence-corrected chi connectivity index (χ4v) is 4.00.